The number of rotatable bonds is 7. The summed E-state index contributed by atoms with van der Waals surface area (Å²) in [6.45, 7) is 7.24. The predicted molar refractivity (Wildman–Crippen MR) is 103 cm³/mol. The Balaban J connectivity index is 2.12. The number of carbonyl (C=O) groups excluding carboxylic acids is 1. The van der Waals surface area contributed by atoms with Gasteiger partial charge in [-0.3, -0.25) is 0 Å². The fourth-order valence-electron chi connectivity index (χ4n) is 3.17. The molecule has 1 amide bonds. The van der Waals surface area contributed by atoms with Gasteiger partial charge in [-0.05, 0) is 31.5 Å². The molecule has 1 aliphatic rings. The average molecular weight is 400 g/mol. The maximum Gasteiger partial charge on any atom is 0.409 e. The van der Waals surface area contributed by atoms with Gasteiger partial charge in [-0.15, -0.1) is 0 Å². The van der Waals surface area contributed by atoms with Crippen molar-refractivity contribution in [3.8, 4) is 5.75 Å². The highest BCUT2D eigenvalue weighted by Crippen LogP contribution is 2.27. The normalized spacial score (nSPS) is 17.0. The lowest BCUT2D eigenvalue weighted by Gasteiger charge is -2.37. The maximum absolute atomic E-state index is 13.2. The molecule has 1 heterocycles. The van der Waals surface area contributed by atoms with Gasteiger partial charge in [0.05, 0.1) is 13.7 Å². The van der Waals surface area contributed by atoms with E-state index in [9.17, 15) is 13.2 Å². The molecule has 8 nitrogen and oxygen atoms in total. The van der Waals surface area contributed by atoms with Crippen molar-refractivity contribution in [3.63, 3.8) is 0 Å². The van der Waals surface area contributed by atoms with Gasteiger partial charge in [-0.1, -0.05) is 19.1 Å². The van der Waals surface area contributed by atoms with Gasteiger partial charge in [0.2, 0.25) is 0 Å². The Kier molecular flexibility index (Phi) is 7.46. The minimum absolute atomic E-state index is 0.252. The first-order valence-electron chi connectivity index (χ1n) is 9.17. The summed E-state index contributed by atoms with van der Waals surface area (Å²) < 4.78 is 39.5. The molecule has 2 rings (SSSR count). The summed E-state index contributed by atoms with van der Waals surface area (Å²) in [6.07, 6.45) is -0.397. The number of carbonyl (C=O) groups is 1. The lowest BCUT2D eigenvalue weighted by atomic mass is 10.1. The zero-order chi connectivity index (χ0) is 20.0. The molecule has 0 N–H and O–H groups in total. The van der Waals surface area contributed by atoms with Gasteiger partial charge >= 0.3 is 6.09 Å². The maximum atomic E-state index is 13.2. The van der Waals surface area contributed by atoms with E-state index in [0.29, 0.717) is 32.0 Å². The number of amides is 1. The molecular formula is C18H29N3O5S. The smallest absolute Gasteiger partial charge is 0.409 e. The van der Waals surface area contributed by atoms with Gasteiger partial charge in [-0.25, -0.2) is 4.79 Å². The number of hydrogen-bond donors (Lipinski definition) is 0. The molecule has 0 aromatic heterocycles. The number of ether oxygens (including phenoxy) is 2. The summed E-state index contributed by atoms with van der Waals surface area (Å²) in [5.41, 5.74) is 0.866. The summed E-state index contributed by atoms with van der Waals surface area (Å²) in [5.74, 6) is 0.691. The lowest BCUT2D eigenvalue weighted by Crippen LogP contribution is -2.54. The lowest BCUT2D eigenvalue weighted by molar-refractivity contribution is 0.0921. The highest BCUT2D eigenvalue weighted by molar-refractivity contribution is 7.86. The largest absolute Gasteiger partial charge is 0.497 e. The molecule has 0 saturated carbocycles. The van der Waals surface area contributed by atoms with Gasteiger partial charge in [-0.2, -0.15) is 17.0 Å². The van der Waals surface area contributed by atoms with Crippen LogP contribution in [0.1, 0.15) is 32.4 Å². The number of nitrogens with zero attached hydrogens (tertiary/aromatic N) is 3. The summed E-state index contributed by atoms with van der Waals surface area (Å²) in [4.78, 5) is 13.4. The monoisotopic (exact) mass is 399 g/mol. The van der Waals surface area contributed by atoms with Gasteiger partial charge in [0.25, 0.3) is 10.2 Å². The Morgan fingerprint density at radius 1 is 1.22 bits per heavy atom. The van der Waals surface area contributed by atoms with E-state index in [1.54, 1.807) is 14.0 Å². The van der Waals surface area contributed by atoms with Crippen LogP contribution < -0.4 is 4.74 Å². The van der Waals surface area contributed by atoms with E-state index in [1.165, 1.54) is 13.5 Å². The van der Waals surface area contributed by atoms with Crippen LogP contribution in [0.2, 0.25) is 0 Å². The molecule has 0 spiro atoms. The topological polar surface area (TPSA) is 79.4 Å². The molecule has 9 heteroatoms. The van der Waals surface area contributed by atoms with Crippen LogP contribution in [-0.4, -0.2) is 74.5 Å². The summed E-state index contributed by atoms with van der Waals surface area (Å²) >= 11 is 0. The molecule has 1 unspecified atom stereocenters. The van der Waals surface area contributed by atoms with E-state index in [1.807, 2.05) is 38.1 Å². The summed E-state index contributed by atoms with van der Waals surface area (Å²) in [5, 5.41) is 0. The van der Waals surface area contributed by atoms with E-state index in [-0.39, 0.29) is 19.1 Å². The Bertz CT molecular complexity index is 732. The van der Waals surface area contributed by atoms with E-state index in [0.717, 1.165) is 5.56 Å². The summed E-state index contributed by atoms with van der Waals surface area (Å²) in [7, 11) is -2.07. The van der Waals surface area contributed by atoms with Crippen LogP contribution in [0.15, 0.2) is 24.3 Å². The molecule has 0 bridgehead atoms. The number of benzene rings is 1. The van der Waals surface area contributed by atoms with Crippen LogP contribution >= 0.6 is 0 Å². The van der Waals surface area contributed by atoms with E-state index in [4.69, 9.17) is 9.47 Å². The zero-order valence-electron chi connectivity index (χ0n) is 16.4. The molecule has 1 atom stereocenters. The van der Waals surface area contributed by atoms with Crippen molar-refractivity contribution in [3.05, 3.63) is 29.8 Å². The van der Waals surface area contributed by atoms with Crippen LogP contribution in [0, 0.1) is 0 Å². The third-order valence-electron chi connectivity index (χ3n) is 4.71. The Labute approximate surface area is 161 Å². The molecule has 0 radical (unpaired) electrons. The third kappa shape index (κ3) is 4.91. The van der Waals surface area contributed by atoms with Crippen LogP contribution in [-0.2, 0) is 14.9 Å². The summed E-state index contributed by atoms with van der Waals surface area (Å²) in [6, 6.07) is 7.09. The van der Waals surface area contributed by atoms with Crippen molar-refractivity contribution in [2.24, 2.45) is 0 Å². The Morgan fingerprint density at radius 3 is 2.44 bits per heavy atom. The van der Waals surface area contributed by atoms with Crippen molar-refractivity contribution >= 4 is 16.3 Å². The fourth-order valence-corrected chi connectivity index (χ4v) is 4.94. The molecule has 0 aliphatic carbocycles. The third-order valence-corrected chi connectivity index (χ3v) is 6.89. The average Bonchev–Trinajstić information content (AvgIpc) is 2.68. The number of methoxy groups -OCH3 is 1. The fraction of sp³-hybridized carbons (Fsp3) is 0.611. The molecule has 27 heavy (non-hydrogen) atoms. The first-order chi connectivity index (χ1) is 12.8. The standard InChI is InChI=1S/C18H29N3O5S/c1-5-21(15(3)16-8-7-9-17(14-16)25-4)27(23,24)20-12-10-19(11-13-20)18(22)26-6-2/h7-9,14-15H,5-6,10-13H2,1-4H3. The molecule has 1 aromatic rings. The predicted octanol–water partition coefficient (Wildman–Crippen LogP) is 2.10. The minimum atomic E-state index is -3.66. The molecule has 1 fully saturated rings. The SMILES string of the molecule is CCOC(=O)N1CCN(S(=O)(=O)N(CC)C(C)c2cccc(OC)c2)CC1. The van der Waals surface area contributed by atoms with Crippen LogP contribution in [0.3, 0.4) is 0 Å². The van der Waals surface area contributed by atoms with E-state index >= 15 is 0 Å². The van der Waals surface area contributed by atoms with Crippen molar-refractivity contribution in [1.82, 2.24) is 13.5 Å². The second-order valence-corrected chi connectivity index (χ2v) is 8.13. The van der Waals surface area contributed by atoms with Gasteiger partial charge < -0.3 is 14.4 Å². The molecular weight excluding hydrogens is 370 g/mol. The van der Waals surface area contributed by atoms with Crippen molar-refractivity contribution in [1.29, 1.82) is 0 Å². The Hall–Kier alpha value is -1.84. The first-order valence-corrected chi connectivity index (χ1v) is 10.6. The van der Waals surface area contributed by atoms with Crippen molar-refractivity contribution < 1.29 is 22.7 Å². The minimum Gasteiger partial charge on any atom is -0.497 e. The van der Waals surface area contributed by atoms with Crippen LogP contribution in [0.25, 0.3) is 0 Å². The molecule has 1 saturated heterocycles. The van der Waals surface area contributed by atoms with Crippen molar-refractivity contribution in [2.45, 2.75) is 26.8 Å². The second kappa shape index (κ2) is 9.38. The number of hydrogen-bond acceptors (Lipinski definition) is 5. The van der Waals surface area contributed by atoms with E-state index < -0.39 is 16.3 Å². The molecule has 1 aliphatic heterocycles. The second-order valence-electron chi connectivity index (χ2n) is 6.25. The highest BCUT2D eigenvalue weighted by Gasteiger charge is 2.35. The zero-order valence-corrected chi connectivity index (χ0v) is 17.2. The van der Waals surface area contributed by atoms with Gasteiger partial charge in [0, 0.05) is 38.8 Å². The molecule has 1 aromatic carbocycles. The van der Waals surface area contributed by atoms with Gasteiger partial charge in [0.1, 0.15) is 5.75 Å². The quantitative estimate of drug-likeness (QED) is 0.702. The highest BCUT2D eigenvalue weighted by atomic mass is 32.2. The van der Waals surface area contributed by atoms with Crippen LogP contribution in [0.4, 0.5) is 4.79 Å². The van der Waals surface area contributed by atoms with Gasteiger partial charge in [0.15, 0.2) is 0 Å². The number of piperazine rings is 1. The van der Waals surface area contributed by atoms with Crippen LogP contribution in [0.5, 0.6) is 5.75 Å². The Morgan fingerprint density at radius 2 is 1.89 bits per heavy atom. The van der Waals surface area contributed by atoms with E-state index in [2.05, 4.69) is 0 Å². The first kappa shape index (κ1) is 21.5. The molecule has 152 valence electrons. The van der Waals surface area contributed by atoms with Crippen molar-refractivity contribution in [2.75, 3.05) is 46.4 Å².